The summed E-state index contributed by atoms with van der Waals surface area (Å²) < 4.78 is 5.83. The van der Waals surface area contributed by atoms with Gasteiger partial charge in [-0.3, -0.25) is 19.8 Å². The van der Waals surface area contributed by atoms with E-state index < -0.39 is 17.8 Å². The molecule has 1 aliphatic heterocycles. The number of benzene rings is 2. The number of hydrogen-bond donors (Lipinski definition) is 2. The molecule has 0 bridgehead atoms. The average Bonchev–Trinajstić information content (AvgIpc) is 2.73. The second-order valence-electron chi connectivity index (χ2n) is 6.35. The third kappa shape index (κ3) is 4.61. The number of nitrogens with one attached hydrogen (secondary N) is 1. The SMILES string of the molecule is C=CCN1C(=O)/C(=C/c2ccccc2OCc2cccc(C(=O)O)c2)C(=O)NC1=S. The summed E-state index contributed by atoms with van der Waals surface area (Å²) in [6.45, 7) is 3.89. The van der Waals surface area contributed by atoms with Crippen molar-refractivity contribution in [3.63, 3.8) is 0 Å². The van der Waals surface area contributed by atoms with Gasteiger partial charge in [-0.15, -0.1) is 6.58 Å². The molecule has 2 aromatic rings. The Morgan fingerprint density at radius 2 is 1.97 bits per heavy atom. The monoisotopic (exact) mass is 422 g/mol. The molecule has 30 heavy (non-hydrogen) atoms. The highest BCUT2D eigenvalue weighted by atomic mass is 32.1. The number of carboxylic acid groups (broad SMARTS) is 1. The second-order valence-corrected chi connectivity index (χ2v) is 6.74. The van der Waals surface area contributed by atoms with Crippen LogP contribution in [-0.4, -0.2) is 39.4 Å². The van der Waals surface area contributed by atoms with Gasteiger partial charge in [0.2, 0.25) is 0 Å². The summed E-state index contributed by atoms with van der Waals surface area (Å²) in [5.41, 5.74) is 1.28. The standard InChI is InChI=1S/C22H18N2O5S/c1-2-10-24-20(26)17(19(25)23-22(24)30)12-15-7-3-4-9-18(15)29-13-14-6-5-8-16(11-14)21(27)28/h2-9,11-12H,1,10,13H2,(H,27,28)(H,23,25,30)/b17-12+. The van der Waals surface area contributed by atoms with Crippen molar-refractivity contribution in [2.24, 2.45) is 0 Å². The molecule has 2 amide bonds. The first-order valence-corrected chi connectivity index (χ1v) is 9.35. The van der Waals surface area contributed by atoms with E-state index >= 15 is 0 Å². The first-order chi connectivity index (χ1) is 14.4. The normalized spacial score (nSPS) is 15.1. The Bertz CT molecular complexity index is 1080. The molecule has 2 N–H and O–H groups in total. The summed E-state index contributed by atoms with van der Waals surface area (Å²) in [6.07, 6.45) is 2.96. The van der Waals surface area contributed by atoms with E-state index in [1.165, 1.54) is 29.2 Å². The topological polar surface area (TPSA) is 95.9 Å². The number of carbonyl (C=O) groups is 3. The van der Waals surface area contributed by atoms with Gasteiger partial charge in [0.05, 0.1) is 5.56 Å². The zero-order valence-corrected chi connectivity index (χ0v) is 16.6. The van der Waals surface area contributed by atoms with E-state index in [4.69, 9.17) is 22.1 Å². The molecule has 0 aliphatic carbocycles. The third-order valence-electron chi connectivity index (χ3n) is 4.28. The van der Waals surface area contributed by atoms with Gasteiger partial charge in [-0.25, -0.2) is 4.79 Å². The number of rotatable bonds is 7. The number of amides is 2. The lowest BCUT2D eigenvalue weighted by atomic mass is 10.1. The highest BCUT2D eigenvalue weighted by molar-refractivity contribution is 7.80. The Balaban J connectivity index is 1.86. The smallest absolute Gasteiger partial charge is 0.335 e. The van der Waals surface area contributed by atoms with E-state index in [1.807, 2.05) is 0 Å². The highest BCUT2D eigenvalue weighted by Crippen LogP contribution is 2.24. The average molecular weight is 422 g/mol. The van der Waals surface area contributed by atoms with Crippen molar-refractivity contribution >= 4 is 41.2 Å². The van der Waals surface area contributed by atoms with Crippen LogP contribution in [0.4, 0.5) is 0 Å². The van der Waals surface area contributed by atoms with Crippen molar-refractivity contribution in [2.45, 2.75) is 6.61 Å². The Morgan fingerprint density at radius 3 is 2.70 bits per heavy atom. The van der Waals surface area contributed by atoms with Crippen LogP contribution >= 0.6 is 12.2 Å². The summed E-state index contributed by atoms with van der Waals surface area (Å²) >= 11 is 5.05. The van der Waals surface area contributed by atoms with Crippen LogP contribution in [0.15, 0.2) is 66.8 Å². The van der Waals surface area contributed by atoms with Crippen LogP contribution in [0.1, 0.15) is 21.5 Å². The summed E-state index contributed by atoms with van der Waals surface area (Å²) in [5, 5.41) is 11.6. The molecule has 0 aromatic heterocycles. The van der Waals surface area contributed by atoms with Crippen LogP contribution in [0.2, 0.25) is 0 Å². The van der Waals surface area contributed by atoms with Gasteiger partial charge in [-0.2, -0.15) is 0 Å². The molecule has 1 saturated heterocycles. The summed E-state index contributed by atoms with van der Waals surface area (Å²) in [4.78, 5) is 37.4. The predicted molar refractivity (Wildman–Crippen MR) is 115 cm³/mol. The molecular formula is C22H18N2O5S. The molecule has 7 nitrogen and oxygen atoms in total. The molecule has 2 aromatic carbocycles. The maximum Gasteiger partial charge on any atom is 0.335 e. The fourth-order valence-electron chi connectivity index (χ4n) is 2.83. The Morgan fingerprint density at radius 1 is 1.20 bits per heavy atom. The summed E-state index contributed by atoms with van der Waals surface area (Å²) in [6, 6.07) is 13.3. The van der Waals surface area contributed by atoms with Crippen molar-refractivity contribution < 1.29 is 24.2 Å². The van der Waals surface area contributed by atoms with E-state index in [0.717, 1.165) is 0 Å². The van der Waals surface area contributed by atoms with E-state index in [1.54, 1.807) is 36.4 Å². The van der Waals surface area contributed by atoms with Gasteiger partial charge in [0.25, 0.3) is 11.8 Å². The molecule has 0 spiro atoms. The van der Waals surface area contributed by atoms with Gasteiger partial charge < -0.3 is 9.84 Å². The molecule has 0 saturated carbocycles. The molecule has 1 aliphatic rings. The fraction of sp³-hybridized carbons (Fsp3) is 0.0909. The first kappa shape index (κ1) is 20.9. The van der Waals surface area contributed by atoms with Gasteiger partial charge in [0.1, 0.15) is 17.9 Å². The third-order valence-corrected chi connectivity index (χ3v) is 4.61. The Labute approximate surface area is 178 Å². The lowest BCUT2D eigenvalue weighted by Gasteiger charge is -2.27. The largest absolute Gasteiger partial charge is 0.488 e. The molecular weight excluding hydrogens is 404 g/mol. The van der Waals surface area contributed by atoms with E-state index in [0.29, 0.717) is 16.9 Å². The van der Waals surface area contributed by atoms with Crippen molar-refractivity contribution in [1.29, 1.82) is 0 Å². The van der Waals surface area contributed by atoms with Gasteiger partial charge in [0, 0.05) is 12.1 Å². The van der Waals surface area contributed by atoms with E-state index in [9.17, 15) is 14.4 Å². The van der Waals surface area contributed by atoms with Gasteiger partial charge in [0.15, 0.2) is 5.11 Å². The van der Waals surface area contributed by atoms with Gasteiger partial charge in [-0.1, -0.05) is 36.4 Å². The molecule has 0 unspecified atom stereocenters. The number of carboxylic acids is 1. The van der Waals surface area contributed by atoms with Crippen LogP contribution in [0.3, 0.4) is 0 Å². The first-order valence-electron chi connectivity index (χ1n) is 8.94. The van der Waals surface area contributed by atoms with Crippen LogP contribution in [0.25, 0.3) is 6.08 Å². The van der Waals surface area contributed by atoms with Crippen LogP contribution in [0, 0.1) is 0 Å². The van der Waals surface area contributed by atoms with Gasteiger partial charge in [-0.05, 0) is 42.1 Å². The molecule has 3 rings (SSSR count). The molecule has 0 atom stereocenters. The Kier molecular flexibility index (Phi) is 6.38. The van der Waals surface area contributed by atoms with Crippen molar-refractivity contribution in [3.8, 4) is 5.75 Å². The van der Waals surface area contributed by atoms with E-state index in [-0.39, 0.29) is 29.4 Å². The Hall–Kier alpha value is -3.78. The lowest BCUT2D eigenvalue weighted by Crippen LogP contribution is -2.53. The maximum absolute atomic E-state index is 12.7. The lowest BCUT2D eigenvalue weighted by molar-refractivity contribution is -0.128. The number of nitrogens with zero attached hydrogens (tertiary/aromatic N) is 1. The molecule has 152 valence electrons. The van der Waals surface area contributed by atoms with E-state index in [2.05, 4.69) is 11.9 Å². The maximum atomic E-state index is 12.7. The van der Waals surface area contributed by atoms with Crippen LogP contribution in [0.5, 0.6) is 5.75 Å². The highest BCUT2D eigenvalue weighted by Gasteiger charge is 2.32. The minimum Gasteiger partial charge on any atom is -0.488 e. The molecule has 1 heterocycles. The van der Waals surface area contributed by atoms with Gasteiger partial charge >= 0.3 is 5.97 Å². The van der Waals surface area contributed by atoms with Crippen LogP contribution in [-0.2, 0) is 16.2 Å². The summed E-state index contributed by atoms with van der Waals surface area (Å²) in [7, 11) is 0. The zero-order valence-electron chi connectivity index (χ0n) is 15.8. The second kappa shape index (κ2) is 9.15. The predicted octanol–water partition coefficient (Wildman–Crippen LogP) is 2.78. The number of carbonyl (C=O) groups excluding carboxylic acids is 2. The summed E-state index contributed by atoms with van der Waals surface area (Å²) in [5.74, 6) is -1.69. The number of hydrogen-bond acceptors (Lipinski definition) is 5. The molecule has 1 fully saturated rings. The number of thiocarbonyl (C=S) groups is 1. The number of aromatic carboxylic acids is 1. The van der Waals surface area contributed by atoms with Crippen molar-refractivity contribution in [3.05, 3.63) is 83.4 Å². The fourth-order valence-corrected chi connectivity index (χ4v) is 3.08. The van der Waals surface area contributed by atoms with Crippen molar-refractivity contribution in [2.75, 3.05) is 6.54 Å². The molecule has 0 radical (unpaired) electrons. The minimum atomic E-state index is -1.02. The minimum absolute atomic E-state index is 0.0323. The van der Waals surface area contributed by atoms with Crippen molar-refractivity contribution in [1.82, 2.24) is 10.2 Å². The number of ether oxygens (including phenoxy) is 1. The number of para-hydroxylation sites is 1. The molecule has 8 heteroatoms. The van der Waals surface area contributed by atoms with Crippen LogP contribution < -0.4 is 10.1 Å². The zero-order chi connectivity index (χ0) is 21.7. The quantitative estimate of drug-likeness (QED) is 0.308.